The maximum absolute atomic E-state index is 12.4. The average Bonchev–Trinajstić information content (AvgIpc) is 3.42. The molecule has 136 valence electrons. The minimum absolute atomic E-state index is 0.0160. The minimum Gasteiger partial charge on any atom is -0.347 e. The third-order valence-electron chi connectivity index (χ3n) is 5.11. The number of benzene rings is 1. The first-order chi connectivity index (χ1) is 12.7. The Morgan fingerprint density at radius 1 is 1.12 bits per heavy atom. The first kappa shape index (κ1) is 16.9. The van der Waals surface area contributed by atoms with Gasteiger partial charge in [-0.05, 0) is 55.7 Å². The zero-order valence-electron chi connectivity index (χ0n) is 14.8. The Kier molecular flexibility index (Phi) is 4.82. The molecule has 1 heterocycles. The van der Waals surface area contributed by atoms with Crippen LogP contribution in [0.1, 0.15) is 77.6 Å². The van der Waals surface area contributed by atoms with Gasteiger partial charge >= 0.3 is 0 Å². The molecule has 1 fully saturated rings. The van der Waals surface area contributed by atoms with Crippen LogP contribution in [-0.2, 0) is 24.2 Å². The van der Waals surface area contributed by atoms with Crippen LogP contribution in [0.5, 0.6) is 0 Å². The van der Waals surface area contributed by atoms with E-state index in [0.29, 0.717) is 17.4 Å². The van der Waals surface area contributed by atoms with Gasteiger partial charge in [-0.2, -0.15) is 4.98 Å². The van der Waals surface area contributed by atoms with Crippen molar-refractivity contribution >= 4 is 11.7 Å². The lowest BCUT2D eigenvalue weighted by molar-refractivity contribution is -0.121. The number of carbonyl (C=O) groups is 2. The van der Waals surface area contributed by atoms with Crippen LogP contribution in [0.15, 0.2) is 22.7 Å². The molecule has 1 N–H and O–H groups in total. The SMILES string of the molecule is O=C(CCC(=O)c1ccc2c(c1)CCCC2)NCc1nc(C2CC2)no1. The van der Waals surface area contributed by atoms with Crippen LogP contribution in [0.3, 0.4) is 0 Å². The van der Waals surface area contributed by atoms with E-state index in [9.17, 15) is 9.59 Å². The van der Waals surface area contributed by atoms with E-state index in [1.54, 1.807) is 0 Å². The third-order valence-corrected chi connectivity index (χ3v) is 5.11. The van der Waals surface area contributed by atoms with Crippen molar-refractivity contribution in [2.75, 3.05) is 0 Å². The third kappa shape index (κ3) is 4.00. The van der Waals surface area contributed by atoms with E-state index in [1.165, 1.54) is 24.0 Å². The number of Topliss-reactive ketones (excluding diaryl/α,β-unsaturated/α-hetero) is 1. The Labute approximate surface area is 152 Å². The van der Waals surface area contributed by atoms with E-state index >= 15 is 0 Å². The summed E-state index contributed by atoms with van der Waals surface area (Å²) in [5, 5.41) is 6.65. The van der Waals surface area contributed by atoms with Crippen molar-refractivity contribution in [1.82, 2.24) is 15.5 Å². The molecule has 0 spiro atoms. The largest absolute Gasteiger partial charge is 0.347 e. The highest BCUT2D eigenvalue weighted by Gasteiger charge is 2.28. The summed E-state index contributed by atoms with van der Waals surface area (Å²) in [6, 6.07) is 5.96. The highest BCUT2D eigenvalue weighted by molar-refractivity contribution is 5.98. The Balaban J connectivity index is 1.25. The summed E-state index contributed by atoms with van der Waals surface area (Å²) >= 11 is 0. The number of hydrogen-bond acceptors (Lipinski definition) is 5. The lowest BCUT2D eigenvalue weighted by atomic mass is 9.89. The molecule has 0 aliphatic heterocycles. The van der Waals surface area contributed by atoms with Gasteiger partial charge in [-0.15, -0.1) is 0 Å². The van der Waals surface area contributed by atoms with Crippen LogP contribution < -0.4 is 5.32 Å². The van der Waals surface area contributed by atoms with Gasteiger partial charge in [0.05, 0.1) is 6.54 Å². The molecule has 0 saturated heterocycles. The number of nitrogens with one attached hydrogen (secondary N) is 1. The van der Waals surface area contributed by atoms with Gasteiger partial charge < -0.3 is 9.84 Å². The number of nitrogens with zero attached hydrogens (tertiary/aromatic N) is 2. The van der Waals surface area contributed by atoms with E-state index in [0.717, 1.165) is 31.5 Å². The monoisotopic (exact) mass is 353 g/mol. The van der Waals surface area contributed by atoms with Crippen LogP contribution in [0.25, 0.3) is 0 Å². The maximum Gasteiger partial charge on any atom is 0.246 e. The summed E-state index contributed by atoms with van der Waals surface area (Å²) in [6.45, 7) is 0.214. The summed E-state index contributed by atoms with van der Waals surface area (Å²) in [4.78, 5) is 28.6. The zero-order valence-corrected chi connectivity index (χ0v) is 14.8. The van der Waals surface area contributed by atoms with Crippen LogP contribution in [-0.4, -0.2) is 21.8 Å². The number of amides is 1. The van der Waals surface area contributed by atoms with Crippen molar-refractivity contribution < 1.29 is 14.1 Å². The van der Waals surface area contributed by atoms with Crippen LogP contribution >= 0.6 is 0 Å². The predicted molar refractivity (Wildman–Crippen MR) is 94.8 cm³/mol. The van der Waals surface area contributed by atoms with Crippen molar-refractivity contribution in [1.29, 1.82) is 0 Å². The molecule has 0 atom stereocenters. The molecule has 0 unspecified atom stereocenters. The topological polar surface area (TPSA) is 85.1 Å². The number of carbonyl (C=O) groups excluding carboxylic acids is 2. The van der Waals surface area contributed by atoms with E-state index in [1.807, 2.05) is 12.1 Å². The second-order valence-electron chi connectivity index (χ2n) is 7.21. The molecule has 2 aliphatic rings. The van der Waals surface area contributed by atoms with Gasteiger partial charge in [-0.3, -0.25) is 9.59 Å². The van der Waals surface area contributed by atoms with Gasteiger partial charge in [-0.1, -0.05) is 17.3 Å². The number of rotatable bonds is 7. The van der Waals surface area contributed by atoms with E-state index in [4.69, 9.17) is 4.52 Å². The number of aromatic nitrogens is 2. The molecule has 26 heavy (non-hydrogen) atoms. The van der Waals surface area contributed by atoms with E-state index in [-0.39, 0.29) is 31.1 Å². The highest BCUT2D eigenvalue weighted by Crippen LogP contribution is 2.38. The molecule has 1 amide bonds. The predicted octanol–water partition coefficient (Wildman–Crippen LogP) is 3.11. The summed E-state index contributed by atoms with van der Waals surface area (Å²) < 4.78 is 5.12. The average molecular weight is 353 g/mol. The Morgan fingerprint density at radius 3 is 2.73 bits per heavy atom. The quantitative estimate of drug-likeness (QED) is 0.773. The summed E-state index contributed by atoms with van der Waals surface area (Å²) in [5.74, 6) is 1.42. The van der Waals surface area contributed by atoms with E-state index < -0.39 is 0 Å². The zero-order chi connectivity index (χ0) is 17.9. The van der Waals surface area contributed by atoms with Gasteiger partial charge in [0.15, 0.2) is 11.6 Å². The molecule has 1 saturated carbocycles. The number of ketones is 1. The Morgan fingerprint density at radius 2 is 1.92 bits per heavy atom. The van der Waals surface area contributed by atoms with Crippen LogP contribution in [0.2, 0.25) is 0 Å². The minimum atomic E-state index is -0.178. The molecule has 0 bridgehead atoms. The van der Waals surface area contributed by atoms with Crippen molar-refractivity contribution in [2.45, 2.75) is 63.8 Å². The maximum atomic E-state index is 12.4. The van der Waals surface area contributed by atoms with Crippen LogP contribution in [0, 0.1) is 0 Å². The molecule has 4 rings (SSSR count). The molecule has 6 heteroatoms. The molecule has 2 aliphatic carbocycles. The van der Waals surface area contributed by atoms with E-state index in [2.05, 4.69) is 21.5 Å². The Hall–Kier alpha value is -2.50. The van der Waals surface area contributed by atoms with Crippen molar-refractivity contribution in [3.05, 3.63) is 46.6 Å². The van der Waals surface area contributed by atoms with Gasteiger partial charge in [0.25, 0.3) is 0 Å². The first-order valence-corrected chi connectivity index (χ1v) is 9.43. The van der Waals surface area contributed by atoms with Crippen molar-refractivity contribution in [3.63, 3.8) is 0 Å². The number of fused-ring (bicyclic) bond motifs is 1. The molecule has 1 aromatic heterocycles. The van der Waals surface area contributed by atoms with Gasteiger partial charge in [-0.25, -0.2) is 0 Å². The Bertz CT molecular complexity index is 823. The molecule has 2 aromatic rings. The highest BCUT2D eigenvalue weighted by atomic mass is 16.5. The standard InChI is InChI=1S/C20H23N3O3/c24-17(16-8-5-13-3-1-2-4-15(13)11-16)9-10-18(25)21-12-19-22-20(23-26-19)14-6-7-14/h5,8,11,14H,1-4,6-7,9-10,12H2,(H,21,25). The molecule has 1 aromatic carbocycles. The first-order valence-electron chi connectivity index (χ1n) is 9.43. The van der Waals surface area contributed by atoms with Crippen LogP contribution in [0.4, 0.5) is 0 Å². The lowest BCUT2D eigenvalue weighted by Gasteiger charge is -2.16. The number of aryl methyl sites for hydroxylation is 2. The molecule has 6 nitrogen and oxygen atoms in total. The van der Waals surface area contributed by atoms with Gasteiger partial charge in [0.2, 0.25) is 11.8 Å². The number of hydrogen-bond donors (Lipinski definition) is 1. The fraction of sp³-hybridized carbons (Fsp3) is 0.500. The fourth-order valence-corrected chi connectivity index (χ4v) is 3.39. The van der Waals surface area contributed by atoms with Gasteiger partial charge in [0, 0.05) is 24.3 Å². The summed E-state index contributed by atoms with van der Waals surface area (Å²) in [5.41, 5.74) is 3.36. The smallest absolute Gasteiger partial charge is 0.246 e. The summed E-state index contributed by atoms with van der Waals surface area (Å²) in [7, 11) is 0. The summed E-state index contributed by atoms with van der Waals surface area (Å²) in [6.07, 6.45) is 7.15. The molecule has 0 radical (unpaired) electrons. The molecular formula is C20H23N3O3. The molecular weight excluding hydrogens is 330 g/mol. The second-order valence-corrected chi connectivity index (χ2v) is 7.21. The second kappa shape index (κ2) is 7.40. The van der Waals surface area contributed by atoms with Crippen molar-refractivity contribution in [2.24, 2.45) is 0 Å². The normalized spacial score (nSPS) is 16.2. The van der Waals surface area contributed by atoms with Crippen molar-refractivity contribution in [3.8, 4) is 0 Å². The lowest BCUT2D eigenvalue weighted by Crippen LogP contribution is -2.23. The van der Waals surface area contributed by atoms with Gasteiger partial charge in [0.1, 0.15) is 0 Å². The fourth-order valence-electron chi connectivity index (χ4n) is 3.39.